The fourth-order valence-electron chi connectivity index (χ4n) is 0.533. The highest BCUT2D eigenvalue weighted by molar-refractivity contribution is 5.76. The summed E-state index contributed by atoms with van der Waals surface area (Å²) in [4.78, 5) is 10.4. The van der Waals surface area contributed by atoms with Crippen LogP contribution in [0.2, 0.25) is 0 Å². The molecular formula is C5H8F3NO2. The van der Waals surface area contributed by atoms with Crippen LogP contribution >= 0.6 is 0 Å². The number of hydrogen-bond acceptors (Lipinski definition) is 3. The first-order chi connectivity index (χ1) is 4.93. The highest BCUT2D eigenvalue weighted by atomic mass is 19.4. The van der Waals surface area contributed by atoms with Gasteiger partial charge in [-0.05, 0) is 7.05 Å². The lowest BCUT2D eigenvalue weighted by atomic mass is 10.3. The molecule has 0 fully saturated rings. The number of methoxy groups -OCH3 is 1. The lowest BCUT2D eigenvalue weighted by Gasteiger charge is -2.16. The van der Waals surface area contributed by atoms with Crippen molar-refractivity contribution in [3.8, 4) is 0 Å². The Labute approximate surface area is 61.5 Å². The average molecular weight is 171 g/mol. The van der Waals surface area contributed by atoms with Gasteiger partial charge in [0.15, 0.2) is 0 Å². The van der Waals surface area contributed by atoms with Crippen molar-refractivity contribution in [2.45, 2.75) is 12.2 Å². The van der Waals surface area contributed by atoms with Gasteiger partial charge in [-0.15, -0.1) is 0 Å². The summed E-state index contributed by atoms with van der Waals surface area (Å²) < 4.78 is 39.3. The van der Waals surface area contributed by atoms with Gasteiger partial charge in [-0.25, -0.2) is 0 Å². The number of esters is 1. The largest absolute Gasteiger partial charge is 0.468 e. The van der Waals surface area contributed by atoms with Gasteiger partial charge in [0.05, 0.1) is 7.11 Å². The molecule has 1 atom stereocenters. The van der Waals surface area contributed by atoms with Crippen molar-refractivity contribution in [3.05, 3.63) is 0 Å². The first-order valence-corrected chi connectivity index (χ1v) is 2.75. The smallest absolute Gasteiger partial charge is 0.414 e. The Kier molecular flexibility index (Phi) is 3.31. The molecule has 0 rings (SSSR count). The van der Waals surface area contributed by atoms with Gasteiger partial charge >= 0.3 is 12.1 Å². The first kappa shape index (κ1) is 10.2. The van der Waals surface area contributed by atoms with E-state index in [4.69, 9.17) is 0 Å². The summed E-state index contributed by atoms with van der Waals surface area (Å²) in [7, 11) is 1.94. The molecule has 0 saturated heterocycles. The summed E-state index contributed by atoms with van der Waals surface area (Å²) in [6.45, 7) is 0. The van der Waals surface area contributed by atoms with Crippen molar-refractivity contribution < 1.29 is 22.7 Å². The first-order valence-electron chi connectivity index (χ1n) is 2.75. The van der Waals surface area contributed by atoms with E-state index < -0.39 is 18.2 Å². The Hall–Kier alpha value is -0.780. The van der Waals surface area contributed by atoms with Gasteiger partial charge in [0.2, 0.25) is 6.04 Å². The van der Waals surface area contributed by atoms with E-state index in [0.29, 0.717) is 0 Å². The van der Waals surface area contributed by atoms with Crippen molar-refractivity contribution in [2.24, 2.45) is 0 Å². The van der Waals surface area contributed by atoms with E-state index in [9.17, 15) is 18.0 Å². The SMILES string of the molecule is CN[C@@H](C(=O)OC)C(F)(F)F. The average Bonchev–Trinajstić information content (AvgIpc) is 1.86. The number of likely N-dealkylation sites (N-methyl/N-ethyl adjacent to an activating group) is 1. The quantitative estimate of drug-likeness (QED) is 0.607. The molecule has 0 bridgehead atoms. The fraction of sp³-hybridized carbons (Fsp3) is 0.800. The monoisotopic (exact) mass is 171 g/mol. The van der Waals surface area contributed by atoms with Crippen molar-refractivity contribution in [2.75, 3.05) is 14.2 Å². The van der Waals surface area contributed by atoms with Crippen molar-refractivity contribution in [3.63, 3.8) is 0 Å². The summed E-state index contributed by atoms with van der Waals surface area (Å²) in [5.41, 5.74) is 0. The van der Waals surface area contributed by atoms with Crippen LogP contribution in [0.5, 0.6) is 0 Å². The number of ether oxygens (including phenoxy) is 1. The molecule has 0 amide bonds. The topological polar surface area (TPSA) is 38.3 Å². The van der Waals surface area contributed by atoms with Crippen LogP contribution in [0, 0.1) is 0 Å². The molecule has 0 spiro atoms. The second kappa shape index (κ2) is 3.56. The zero-order valence-electron chi connectivity index (χ0n) is 6.03. The van der Waals surface area contributed by atoms with E-state index in [0.717, 1.165) is 14.2 Å². The number of carbonyl (C=O) groups excluding carboxylic acids is 1. The molecule has 0 aromatic heterocycles. The van der Waals surface area contributed by atoms with E-state index in [1.54, 1.807) is 5.32 Å². The number of alkyl halides is 3. The molecule has 0 aliphatic heterocycles. The zero-order chi connectivity index (χ0) is 9.07. The van der Waals surface area contributed by atoms with E-state index >= 15 is 0 Å². The maximum Gasteiger partial charge on any atom is 0.414 e. The van der Waals surface area contributed by atoms with Crippen LogP contribution in [-0.2, 0) is 9.53 Å². The summed E-state index contributed by atoms with van der Waals surface area (Å²) in [6.07, 6.45) is -4.60. The van der Waals surface area contributed by atoms with Crippen LogP contribution in [0.4, 0.5) is 13.2 Å². The standard InChI is InChI=1S/C5H8F3NO2/c1-9-3(4(10)11-2)5(6,7)8/h3,9H,1-2H3/t3-/m0/s1. The minimum Gasteiger partial charge on any atom is -0.468 e. The molecule has 3 nitrogen and oxygen atoms in total. The summed E-state index contributed by atoms with van der Waals surface area (Å²) in [5, 5.41) is 1.79. The van der Waals surface area contributed by atoms with Gasteiger partial charge in [-0.3, -0.25) is 10.1 Å². The molecule has 0 aromatic rings. The minimum absolute atomic E-state index is 0.901. The van der Waals surface area contributed by atoms with E-state index in [1.807, 2.05) is 0 Å². The third-order valence-corrected chi connectivity index (χ3v) is 1.05. The van der Waals surface area contributed by atoms with Crippen LogP contribution in [-0.4, -0.2) is 32.3 Å². The second-order valence-electron chi connectivity index (χ2n) is 1.79. The highest BCUT2D eigenvalue weighted by Crippen LogP contribution is 2.20. The molecule has 0 unspecified atom stereocenters. The van der Waals surface area contributed by atoms with Crippen molar-refractivity contribution in [1.82, 2.24) is 5.32 Å². The van der Waals surface area contributed by atoms with Gasteiger partial charge < -0.3 is 4.74 Å². The molecule has 0 radical (unpaired) electrons. The highest BCUT2D eigenvalue weighted by Gasteiger charge is 2.44. The Balaban J connectivity index is 4.29. The predicted octanol–water partition coefficient (Wildman–Crippen LogP) is 0.310. The van der Waals surface area contributed by atoms with Gasteiger partial charge in [-0.1, -0.05) is 0 Å². The molecule has 0 heterocycles. The lowest BCUT2D eigenvalue weighted by molar-refractivity contribution is -0.181. The Morgan fingerprint density at radius 2 is 2.00 bits per heavy atom. The Bertz CT molecular complexity index is 145. The van der Waals surface area contributed by atoms with Crippen LogP contribution in [0.25, 0.3) is 0 Å². The molecule has 0 aliphatic rings. The molecule has 66 valence electrons. The number of hydrogen-bond donors (Lipinski definition) is 1. The molecule has 11 heavy (non-hydrogen) atoms. The van der Waals surface area contributed by atoms with Crippen LogP contribution in [0.15, 0.2) is 0 Å². The van der Waals surface area contributed by atoms with Crippen LogP contribution in [0.3, 0.4) is 0 Å². The predicted molar refractivity (Wildman–Crippen MR) is 30.9 cm³/mol. The van der Waals surface area contributed by atoms with Crippen molar-refractivity contribution >= 4 is 5.97 Å². The third kappa shape index (κ3) is 2.75. The molecule has 6 heteroatoms. The van der Waals surface area contributed by atoms with Gasteiger partial charge in [-0.2, -0.15) is 13.2 Å². The van der Waals surface area contributed by atoms with E-state index in [-0.39, 0.29) is 0 Å². The molecule has 0 aromatic carbocycles. The fourth-order valence-corrected chi connectivity index (χ4v) is 0.533. The van der Waals surface area contributed by atoms with Gasteiger partial charge in [0, 0.05) is 0 Å². The van der Waals surface area contributed by atoms with Gasteiger partial charge in [0.25, 0.3) is 0 Å². The van der Waals surface area contributed by atoms with E-state index in [1.165, 1.54) is 0 Å². The third-order valence-electron chi connectivity index (χ3n) is 1.05. The molecule has 0 aliphatic carbocycles. The normalized spacial score (nSPS) is 14.3. The maximum absolute atomic E-state index is 11.8. The lowest BCUT2D eigenvalue weighted by Crippen LogP contribution is -2.47. The number of rotatable bonds is 2. The number of nitrogens with one attached hydrogen (secondary N) is 1. The molecule has 0 saturated carbocycles. The van der Waals surface area contributed by atoms with Crippen molar-refractivity contribution in [1.29, 1.82) is 0 Å². The summed E-state index contributed by atoms with van der Waals surface area (Å²) in [6, 6.07) is -2.23. The van der Waals surface area contributed by atoms with Crippen LogP contribution in [0.1, 0.15) is 0 Å². The second-order valence-corrected chi connectivity index (χ2v) is 1.79. The van der Waals surface area contributed by atoms with Gasteiger partial charge in [0.1, 0.15) is 0 Å². The Morgan fingerprint density at radius 3 is 2.09 bits per heavy atom. The van der Waals surface area contributed by atoms with Crippen LogP contribution < -0.4 is 5.32 Å². The maximum atomic E-state index is 11.8. The van der Waals surface area contributed by atoms with E-state index in [2.05, 4.69) is 4.74 Å². The summed E-state index contributed by atoms with van der Waals surface area (Å²) in [5.74, 6) is -1.33. The zero-order valence-corrected chi connectivity index (χ0v) is 6.03. The number of halogens is 3. The Morgan fingerprint density at radius 1 is 1.55 bits per heavy atom. The molecule has 1 N–H and O–H groups in total. The summed E-state index contributed by atoms with van der Waals surface area (Å²) >= 11 is 0. The number of carbonyl (C=O) groups is 1. The minimum atomic E-state index is -4.60. The molecular weight excluding hydrogens is 163 g/mol.